The third-order valence-electron chi connectivity index (χ3n) is 2.43. The zero-order valence-corrected chi connectivity index (χ0v) is 12.0. The highest BCUT2D eigenvalue weighted by Crippen LogP contribution is 2.13. The lowest BCUT2D eigenvalue weighted by Gasteiger charge is -2.10. The topological polar surface area (TPSA) is 97.1 Å². The molecular weight excluding hydrogens is 272 g/mol. The van der Waals surface area contributed by atoms with Gasteiger partial charge in [0, 0.05) is 24.1 Å². The van der Waals surface area contributed by atoms with Crippen LogP contribution in [0.3, 0.4) is 0 Å². The molecule has 0 saturated heterocycles. The van der Waals surface area contributed by atoms with Crippen LogP contribution in [0.2, 0.25) is 0 Å². The molecule has 1 aromatic heterocycles. The van der Waals surface area contributed by atoms with Crippen molar-refractivity contribution in [3.63, 3.8) is 0 Å². The Hall–Kier alpha value is -0.830. The van der Waals surface area contributed by atoms with Crippen LogP contribution in [0.25, 0.3) is 0 Å². The van der Waals surface area contributed by atoms with Crippen molar-refractivity contribution in [1.82, 2.24) is 9.71 Å². The maximum absolute atomic E-state index is 12.0. The van der Waals surface area contributed by atoms with E-state index in [0.717, 1.165) is 6.42 Å². The smallest absolute Gasteiger partial charge is 0.240 e. The number of hydrazine groups is 1. The minimum atomic E-state index is -3.49. The number of aromatic nitrogens is 1. The molecule has 0 saturated carbocycles. The Bertz CT molecular complexity index is 479. The summed E-state index contributed by atoms with van der Waals surface area (Å²) in [6.45, 7) is 2.47. The maximum atomic E-state index is 12.0. The molecule has 102 valence electrons. The number of pyridine rings is 1. The van der Waals surface area contributed by atoms with Crippen LogP contribution in [0, 0.1) is 0 Å². The molecule has 0 amide bonds. The Morgan fingerprint density at radius 2 is 2.28 bits per heavy atom. The van der Waals surface area contributed by atoms with E-state index in [9.17, 15) is 8.42 Å². The lowest BCUT2D eigenvalue weighted by atomic mass is 10.3. The molecule has 4 N–H and O–H groups in total. The first-order valence-corrected chi connectivity index (χ1v) is 8.22. The van der Waals surface area contributed by atoms with Crippen molar-refractivity contribution >= 4 is 27.6 Å². The minimum Gasteiger partial charge on any atom is -0.308 e. The van der Waals surface area contributed by atoms with Gasteiger partial charge >= 0.3 is 0 Å². The first-order valence-electron chi connectivity index (χ1n) is 5.44. The van der Waals surface area contributed by atoms with Gasteiger partial charge in [-0.25, -0.2) is 24.0 Å². The van der Waals surface area contributed by atoms with Gasteiger partial charge in [0.25, 0.3) is 0 Å². The Labute approximate surface area is 112 Å². The first kappa shape index (κ1) is 15.2. The van der Waals surface area contributed by atoms with E-state index in [-0.39, 0.29) is 4.90 Å². The van der Waals surface area contributed by atoms with Gasteiger partial charge < -0.3 is 5.43 Å². The fraction of sp³-hybridized carbons (Fsp3) is 0.500. The summed E-state index contributed by atoms with van der Waals surface area (Å²) in [5, 5.41) is 0.423. The molecule has 0 aliphatic heterocycles. The third-order valence-corrected chi connectivity index (χ3v) is 4.93. The van der Waals surface area contributed by atoms with E-state index >= 15 is 0 Å². The van der Waals surface area contributed by atoms with Crippen molar-refractivity contribution in [3.05, 3.63) is 18.3 Å². The van der Waals surface area contributed by atoms with E-state index in [1.807, 2.05) is 6.26 Å². The molecule has 0 aliphatic rings. The van der Waals surface area contributed by atoms with Gasteiger partial charge in [-0.2, -0.15) is 11.8 Å². The summed E-state index contributed by atoms with van der Waals surface area (Å²) in [6.07, 6.45) is 4.18. The molecule has 18 heavy (non-hydrogen) atoms. The predicted octanol–water partition coefficient (Wildman–Crippen LogP) is 0.787. The molecule has 0 bridgehead atoms. The van der Waals surface area contributed by atoms with Crippen LogP contribution in [0.5, 0.6) is 0 Å². The Morgan fingerprint density at radius 1 is 1.56 bits per heavy atom. The molecule has 1 heterocycles. The molecule has 0 aliphatic carbocycles. The molecule has 0 spiro atoms. The highest BCUT2D eigenvalue weighted by molar-refractivity contribution is 7.99. The zero-order valence-electron chi connectivity index (χ0n) is 10.4. The third kappa shape index (κ3) is 4.45. The summed E-state index contributed by atoms with van der Waals surface area (Å²) in [5.74, 6) is 5.50. The second-order valence-electron chi connectivity index (χ2n) is 3.75. The van der Waals surface area contributed by atoms with E-state index in [4.69, 9.17) is 5.84 Å². The first-order chi connectivity index (χ1) is 8.49. The number of anilines is 1. The average Bonchev–Trinajstić information content (AvgIpc) is 2.38. The van der Waals surface area contributed by atoms with E-state index in [1.165, 1.54) is 18.3 Å². The Balaban J connectivity index is 2.68. The highest BCUT2D eigenvalue weighted by atomic mass is 32.2. The number of nitrogens with two attached hydrogens (primary N) is 1. The summed E-state index contributed by atoms with van der Waals surface area (Å²) < 4.78 is 26.5. The minimum absolute atomic E-state index is 0.155. The van der Waals surface area contributed by atoms with Crippen molar-refractivity contribution in [2.75, 3.05) is 18.2 Å². The fourth-order valence-corrected chi connectivity index (χ4v) is 2.67. The van der Waals surface area contributed by atoms with Crippen LogP contribution in [-0.2, 0) is 10.0 Å². The molecule has 1 rings (SSSR count). The molecule has 6 nitrogen and oxygen atoms in total. The number of nitrogens with zero attached hydrogens (tertiary/aromatic N) is 1. The number of rotatable bonds is 7. The lowest BCUT2D eigenvalue weighted by molar-refractivity contribution is 0.579. The van der Waals surface area contributed by atoms with Gasteiger partial charge in [-0.05, 0) is 18.7 Å². The number of thioether (sulfide) groups is 1. The molecule has 0 aromatic carbocycles. The van der Waals surface area contributed by atoms with Crippen molar-refractivity contribution in [2.45, 2.75) is 23.5 Å². The predicted molar refractivity (Wildman–Crippen MR) is 74.8 cm³/mol. The summed E-state index contributed by atoms with van der Waals surface area (Å²) in [4.78, 5) is 4.02. The van der Waals surface area contributed by atoms with Gasteiger partial charge in [0.1, 0.15) is 5.82 Å². The molecule has 0 fully saturated rings. The normalized spacial score (nSPS) is 13.3. The number of sulfonamides is 1. The van der Waals surface area contributed by atoms with Crippen LogP contribution in [0.15, 0.2) is 23.2 Å². The standard InChI is InChI=1S/C10H18N4O2S2/c1-8(17-2)3-6-13-18(15,16)9-4-5-12-10(7-9)14-11/h4-5,7-8,13H,3,6,11H2,1-2H3,(H,12,14). The number of hydrogen-bond donors (Lipinski definition) is 3. The largest absolute Gasteiger partial charge is 0.308 e. The summed E-state index contributed by atoms with van der Waals surface area (Å²) in [6, 6.07) is 2.82. The van der Waals surface area contributed by atoms with Crippen molar-refractivity contribution < 1.29 is 8.42 Å². The van der Waals surface area contributed by atoms with E-state index < -0.39 is 10.0 Å². The van der Waals surface area contributed by atoms with Crippen LogP contribution >= 0.6 is 11.8 Å². The maximum Gasteiger partial charge on any atom is 0.240 e. The Kier molecular flexibility index (Phi) is 5.86. The molecule has 1 atom stereocenters. The van der Waals surface area contributed by atoms with Gasteiger partial charge in [0.15, 0.2) is 0 Å². The van der Waals surface area contributed by atoms with Gasteiger partial charge in [-0.3, -0.25) is 0 Å². The van der Waals surface area contributed by atoms with Crippen LogP contribution in [0.1, 0.15) is 13.3 Å². The lowest BCUT2D eigenvalue weighted by Crippen LogP contribution is -2.26. The average molecular weight is 290 g/mol. The molecule has 0 radical (unpaired) electrons. The second-order valence-corrected chi connectivity index (χ2v) is 6.80. The van der Waals surface area contributed by atoms with Crippen LogP contribution in [-0.4, -0.2) is 31.5 Å². The second kappa shape index (κ2) is 6.93. The number of nitrogen functional groups attached to an aromatic ring is 1. The van der Waals surface area contributed by atoms with Gasteiger partial charge in [-0.1, -0.05) is 6.92 Å². The highest BCUT2D eigenvalue weighted by Gasteiger charge is 2.14. The summed E-state index contributed by atoms with van der Waals surface area (Å²) in [5.41, 5.74) is 2.32. The molecule has 8 heteroatoms. The quantitative estimate of drug-likeness (QED) is 0.507. The van der Waals surface area contributed by atoms with Crippen molar-refractivity contribution in [1.29, 1.82) is 0 Å². The summed E-state index contributed by atoms with van der Waals surface area (Å²) >= 11 is 1.71. The fourth-order valence-electron chi connectivity index (χ4n) is 1.25. The monoisotopic (exact) mass is 290 g/mol. The van der Waals surface area contributed by atoms with Crippen molar-refractivity contribution in [2.24, 2.45) is 5.84 Å². The molecular formula is C10H18N4O2S2. The number of nitrogens with one attached hydrogen (secondary N) is 2. The summed E-state index contributed by atoms with van der Waals surface area (Å²) in [7, 11) is -3.49. The van der Waals surface area contributed by atoms with Crippen LogP contribution < -0.4 is 16.0 Å². The molecule has 1 aromatic rings. The van der Waals surface area contributed by atoms with Crippen LogP contribution in [0.4, 0.5) is 5.82 Å². The van der Waals surface area contributed by atoms with Gasteiger partial charge in [0.05, 0.1) is 4.90 Å². The molecule has 1 unspecified atom stereocenters. The van der Waals surface area contributed by atoms with E-state index in [2.05, 4.69) is 22.1 Å². The van der Waals surface area contributed by atoms with E-state index in [0.29, 0.717) is 17.6 Å². The number of hydrogen-bond acceptors (Lipinski definition) is 6. The Morgan fingerprint density at radius 3 is 2.89 bits per heavy atom. The van der Waals surface area contributed by atoms with Gasteiger partial charge in [-0.15, -0.1) is 0 Å². The zero-order chi connectivity index (χ0) is 13.6. The van der Waals surface area contributed by atoms with Gasteiger partial charge in [0.2, 0.25) is 10.0 Å². The SMILES string of the molecule is CSC(C)CCNS(=O)(=O)c1ccnc(NN)c1. The van der Waals surface area contributed by atoms with Crippen molar-refractivity contribution in [3.8, 4) is 0 Å². The van der Waals surface area contributed by atoms with E-state index in [1.54, 1.807) is 11.8 Å².